The van der Waals surface area contributed by atoms with Gasteiger partial charge in [0.25, 0.3) is 0 Å². The molecule has 1 unspecified atom stereocenters. The minimum Gasteiger partial charge on any atom is -0.481 e. The number of carboxylic acid groups (broad SMARTS) is 1. The highest BCUT2D eigenvalue weighted by molar-refractivity contribution is 5.70. The normalized spacial score (nSPS) is 25.2. The van der Waals surface area contributed by atoms with Crippen molar-refractivity contribution in [3.63, 3.8) is 0 Å². The van der Waals surface area contributed by atoms with Gasteiger partial charge >= 0.3 is 5.97 Å². The van der Waals surface area contributed by atoms with Crippen molar-refractivity contribution >= 4 is 5.97 Å². The molecule has 4 heteroatoms. The molecule has 1 aliphatic rings. The van der Waals surface area contributed by atoms with Gasteiger partial charge in [0, 0.05) is 18.4 Å². The lowest BCUT2D eigenvalue weighted by molar-refractivity contribution is -0.143. The molecule has 1 aliphatic carbocycles. The molecule has 1 saturated carbocycles. The summed E-state index contributed by atoms with van der Waals surface area (Å²) < 4.78 is 0. The molecule has 4 nitrogen and oxygen atoms in total. The van der Waals surface area contributed by atoms with E-state index in [0.29, 0.717) is 12.0 Å². The predicted molar refractivity (Wildman–Crippen MR) is 73.7 cm³/mol. The van der Waals surface area contributed by atoms with Crippen LogP contribution in [0.25, 0.3) is 0 Å². The second kappa shape index (κ2) is 6.15. The van der Waals surface area contributed by atoms with E-state index in [0.717, 1.165) is 25.7 Å². The molecule has 0 aromatic carbocycles. The van der Waals surface area contributed by atoms with Crippen LogP contribution < -0.4 is 0 Å². The molecule has 0 radical (unpaired) electrons. The van der Waals surface area contributed by atoms with Crippen LogP contribution in [0, 0.1) is 11.8 Å². The summed E-state index contributed by atoms with van der Waals surface area (Å²) in [5.41, 5.74) is 1.23. The minimum atomic E-state index is -0.638. The zero-order chi connectivity index (χ0) is 13.8. The van der Waals surface area contributed by atoms with E-state index in [4.69, 9.17) is 5.11 Å². The van der Waals surface area contributed by atoms with Crippen LogP contribution >= 0.6 is 0 Å². The highest BCUT2D eigenvalue weighted by Gasteiger charge is 2.32. The summed E-state index contributed by atoms with van der Waals surface area (Å²) in [6.45, 7) is 0. The monoisotopic (exact) mass is 262 g/mol. The molecule has 0 bridgehead atoms. The Hall–Kier alpha value is -1.42. The Bertz CT molecular complexity index is 411. The summed E-state index contributed by atoms with van der Waals surface area (Å²) in [5.74, 6) is -0.260. The quantitative estimate of drug-likeness (QED) is 0.906. The molecule has 1 N–H and O–H groups in total. The average molecular weight is 262 g/mol. The van der Waals surface area contributed by atoms with Crippen molar-refractivity contribution in [1.82, 2.24) is 9.88 Å². The van der Waals surface area contributed by atoms with E-state index >= 15 is 0 Å². The minimum absolute atomic E-state index is 0.145. The van der Waals surface area contributed by atoms with Gasteiger partial charge in [-0.25, -0.2) is 0 Å². The number of carbonyl (C=O) groups is 1. The number of carboxylic acids is 1. The van der Waals surface area contributed by atoms with Crippen LogP contribution in [0.15, 0.2) is 24.5 Å². The lowest BCUT2D eigenvalue weighted by Gasteiger charge is -2.36. The Labute approximate surface area is 114 Å². The third kappa shape index (κ3) is 3.32. The molecule has 104 valence electrons. The van der Waals surface area contributed by atoms with Crippen LogP contribution in [0.5, 0.6) is 0 Å². The topological polar surface area (TPSA) is 53.4 Å². The molecule has 1 heterocycles. The van der Waals surface area contributed by atoms with E-state index in [1.807, 2.05) is 12.3 Å². The number of aromatic nitrogens is 1. The maximum absolute atomic E-state index is 11.0. The van der Waals surface area contributed by atoms with Crippen LogP contribution in [0.3, 0.4) is 0 Å². The van der Waals surface area contributed by atoms with Crippen molar-refractivity contribution < 1.29 is 9.90 Å². The van der Waals surface area contributed by atoms with Crippen molar-refractivity contribution in [2.75, 3.05) is 14.1 Å². The van der Waals surface area contributed by atoms with Crippen molar-refractivity contribution in [1.29, 1.82) is 0 Å². The highest BCUT2D eigenvalue weighted by atomic mass is 16.4. The van der Waals surface area contributed by atoms with E-state index in [2.05, 4.69) is 30.0 Å². The summed E-state index contributed by atoms with van der Waals surface area (Å²) in [6.07, 6.45) is 7.27. The number of aliphatic carboxylic acids is 1. The van der Waals surface area contributed by atoms with Crippen LogP contribution in [0.2, 0.25) is 0 Å². The van der Waals surface area contributed by atoms with Gasteiger partial charge in [0.1, 0.15) is 0 Å². The van der Waals surface area contributed by atoms with Gasteiger partial charge in [0.15, 0.2) is 0 Å². The third-order valence-corrected chi connectivity index (χ3v) is 4.15. The van der Waals surface area contributed by atoms with E-state index < -0.39 is 5.97 Å². The maximum atomic E-state index is 11.0. The zero-order valence-electron chi connectivity index (χ0n) is 11.6. The van der Waals surface area contributed by atoms with Crippen LogP contribution in [-0.2, 0) is 4.79 Å². The first-order chi connectivity index (χ1) is 9.09. The molecule has 1 fully saturated rings. The number of pyridine rings is 1. The van der Waals surface area contributed by atoms with E-state index in [-0.39, 0.29) is 5.92 Å². The fourth-order valence-electron chi connectivity index (χ4n) is 3.22. The molecule has 19 heavy (non-hydrogen) atoms. The van der Waals surface area contributed by atoms with E-state index in [1.54, 1.807) is 6.20 Å². The molecule has 1 atom stereocenters. The number of rotatable bonds is 4. The Morgan fingerprint density at radius 2 is 2.05 bits per heavy atom. The smallest absolute Gasteiger partial charge is 0.306 e. The van der Waals surface area contributed by atoms with Crippen LogP contribution in [0.4, 0.5) is 0 Å². The standard InChI is InChI=1S/C15H22N2O2/c1-17(2)14(13-4-3-9-16-10-13)11-5-7-12(8-6-11)15(18)19/h3-4,9-12,14H,5-8H2,1-2H3,(H,18,19). The van der Waals surface area contributed by atoms with Gasteiger partial charge < -0.3 is 10.0 Å². The van der Waals surface area contributed by atoms with Crippen molar-refractivity contribution in [3.05, 3.63) is 30.1 Å². The lowest BCUT2D eigenvalue weighted by Crippen LogP contribution is -2.32. The van der Waals surface area contributed by atoms with Gasteiger partial charge in [0.2, 0.25) is 0 Å². The number of nitrogens with zero attached hydrogens (tertiary/aromatic N) is 2. The summed E-state index contributed by atoms with van der Waals surface area (Å²) in [4.78, 5) is 17.4. The molecule has 0 spiro atoms. The molecule has 0 amide bonds. The van der Waals surface area contributed by atoms with Crippen molar-refractivity contribution in [2.45, 2.75) is 31.7 Å². The van der Waals surface area contributed by atoms with Gasteiger partial charge in [-0.2, -0.15) is 0 Å². The zero-order valence-corrected chi connectivity index (χ0v) is 11.6. The van der Waals surface area contributed by atoms with Gasteiger partial charge in [0.05, 0.1) is 5.92 Å². The van der Waals surface area contributed by atoms with Crippen LogP contribution in [0.1, 0.15) is 37.3 Å². The Morgan fingerprint density at radius 3 is 2.53 bits per heavy atom. The Balaban J connectivity index is 2.08. The molecular weight excluding hydrogens is 240 g/mol. The molecule has 0 saturated heterocycles. The third-order valence-electron chi connectivity index (χ3n) is 4.15. The predicted octanol–water partition coefficient (Wildman–Crippen LogP) is 2.58. The average Bonchev–Trinajstić information content (AvgIpc) is 2.40. The lowest BCUT2D eigenvalue weighted by atomic mass is 9.76. The number of hydrogen-bond donors (Lipinski definition) is 1. The van der Waals surface area contributed by atoms with Crippen molar-refractivity contribution in [2.24, 2.45) is 11.8 Å². The van der Waals surface area contributed by atoms with Crippen molar-refractivity contribution in [3.8, 4) is 0 Å². The summed E-state index contributed by atoms with van der Waals surface area (Å²) in [6, 6.07) is 4.42. The fourth-order valence-corrected chi connectivity index (χ4v) is 3.22. The SMILES string of the molecule is CN(C)C(c1cccnc1)C1CCC(C(=O)O)CC1. The second-order valence-corrected chi connectivity index (χ2v) is 5.64. The summed E-state index contributed by atoms with van der Waals surface area (Å²) >= 11 is 0. The van der Waals surface area contributed by atoms with E-state index in [1.165, 1.54) is 5.56 Å². The van der Waals surface area contributed by atoms with Gasteiger partial charge in [-0.15, -0.1) is 0 Å². The first-order valence-electron chi connectivity index (χ1n) is 6.88. The van der Waals surface area contributed by atoms with Gasteiger partial charge in [-0.3, -0.25) is 9.78 Å². The summed E-state index contributed by atoms with van der Waals surface area (Å²) in [5, 5.41) is 9.07. The Morgan fingerprint density at radius 1 is 1.37 bits per heavy atom. The number of hydrogen-bond acceptors (Lipinski definition) is 3. The van der Waals surface area contributed by atoms with E-state index in [9.17, 15) is 4.79 Å². The molecular formula is C15H22N2O2. The fraction of sp³-hybridized carbons (Fsp3) is 0.600. The molecule has 1 aromatic heterocycles. The summed E-state index contributed by atoms with van der Waals surface area (Å²) in [7, 11) is 4.17. The molecule has 0 aliphatic heterocycles. The Kier molecular flexibility index (Phi) is 4.53. The van der Waals surface area contributed by atoms with Gasteiger partial charge in [-0.1, -0.05) is 6.07 Å². The van der Waals surface area contributed by atoms with Gasteiger partial charge in [-0.05, 0) is 57.3 Å². The van der Waals surface area contributed by atoms with Crippen LogP contribution in [-0.4, -0.2) is 35.1 Å². The molecule has 1 aromatic rings. The first-order valence-corrected chi connectivity index (χ1v) is 6.88. The second-order valence-electron chi connectivity index (χ2n) is 5.64. The molecule has 2 rings (SSSR count). The largest absolute Gasteiger partial charge is 0.481 e. The maximum Gasteiger partial charge on any atom is 0.306 e. The first kappa shape index (κ1) is 14.0. The highest BCUT2D eigenvalue weighted by Crippen LogP contribution is 2.39.